The maximum atomic E-state index is 12.8. The van der Waals surface area contributed by atoms with Crippen molar-refractivity contribution in [2.45, 2.75) is 25.9 Å². The van der Waals surface area contributed by atoms with Gasteiger partial charge < -0.3 is 5.32 Å². The lowest BCUT2D eigenvalue weighted by Crippen LogP contribution is -2.24. The number of hydrogen-bond acceptors (Lipinski definition) is 4. The molecule has 0 atom stereocenters. The van der Waals surface area contributed by atoms with Gasteiger partial charge in [-0.25, -0.2) is 9.67 Å². The highest BCUT2D eigenvalue weighted by atomic mass is 32.1. The van der Waals surface area contributed by atoms with Gasteiger partial charge >= 0.3 is 6.18 Å². The minimum atomic E-state index is -4.38. The Morgan fingerprint density at radius 1 is 1.00 bits per heavy atom. The van der Waals surface area contributed by atoms with Crippen LogP contribution in [0.25, 0.3) is 17.1 Å². The summed E-state index contributed by atoms with van der Waals surface area (Å²) >= 11 is 5.34. The Hall–Kier alpha value is -4.05. The van der Waals surface area contributed by atoms with Crippen molar-refractivity contribution >= 4 is 29.2 Å². The zero-order chi connectivity index (χ0) is 25.7. The van der Waals surface area contributed by atoms with Gasteiger partial charge in [0.1, 0.15) is 6.33 Å². The van der Waals surface area contributed by atoms with Gasteiger partial charge in [-0.05, 0) is 59.6 Å². The molecule has 0 amide bonds. The second-order valence-corrected chi connectivity index (χ2v) is 8.65. The maximum absolute atomic E-state index is 12.8. The Kier molecular flexibility index (Phi) is 7.44. The molecule has 4 aromatic rings. The molecule has 184 valence electrons. The summed E-state index contributed by atoms with van der Waals surface area (Å²) in [5.74, 6) is 0.806. The Labute approximate surface area is 211 Å². The maximum Gasteiger partial charge on any atom is 0.416 e. The van der Waals surface area contributed by atoms with Crippen molar-refractivity contribution in [2.24, 2.45) is 5.10 Å². The number of anilines is 1. The van der Waals surface area contributed by atoms with Gasteiger partial charge in [0.2, 0.25) is 0 Å². The van der Waals surface area contributed by atoms with Crippen LogP contribution in [-0.4, -0.2) is 26.1 Å². The van der Waals surface area contributed by atoms with Crippen molar-refractivity contribution in [2.75, 3.05) is 5.32 Å². The predicted molar refractivity (Wildman–Crippen MR) is 139 cm³/mol. The van der Waals surface area contributed by atoms with Crippen molar-refractivity contribution in [1.29, 1.82) is 0 Å². The SMILES string of the molecule is CC(C)c1ccccc1NC(=S)NN=Cc1ccc(-c2ncn(-c3ccc(C(F)(F)F)cc3)n2)cc1. The standard InChI is InChI=1S/C26H23F3N6S/c1-17(2)22-5-3-4-6-23(22)32-25(36)33-31-15-18-7-9-19(10-8-18)24-30-16-35(34-24)21-13-11-20(12-14-21)26(27,28)29/h3-17H,1-2H3,(H2,32,33,36). The molecule has 3 aromatic carbocycles. The van der Waals surface area contributed by atoms with Crippen LogP contribution >= 0.6 is 12.2 Å². The van der Waals surface area contributed by atoms with Gasteiger partial charge in [0.15, 0.2) is 10.9 Å². The fraction of sp³-hybridized carbons (Fsp3) is 0.154. The summed E-state index contributed by atoms with van der Waals surface area (Å²) in [4.78, 5) is 4.27. The first kappa shape index (κ1) is 25.1. The molecule has 0 saturated heterocycles. The zero-order valence-corrected chi connectivity index (χ0v) is 20.3. The van der Waals surface area contributed by atoms with Crippen LogP contribution in [0.2, 0.25) is 0 Å². The van der Waals surface area contributed by atoms with Crippen LogP contribution in [0.3, 0.4) is 0 Å². The molecule has 10 heteroatoms. The average Bonchev–Trinajstić information content (AvgIpc) is 3.35. The van der Waals surface area contributed by atoms with Crippen molar-refractivity contribution in [1.82, 2.24) is 20.2 Å². The summed E-state index contributed by atoms with van der Waals surface area (Å²) in [6.45, 7) is 4.24. The molecule has 0 radical (unpaired) electrons. The Morgan fingerprint density at radius 2 is 1.69 bits per heavy atom. The van der Waals surface area contributed by atoms with Crippen molar-refractivity contribution in [3.63, 3.8) is 0 Å². The van der Waals surface area contributed by atoms with Crippen LogP contribution in [0.4, 0.5) is 18.9 Å². The van der Waals surface area contributed by atoms with Gasteiger partial charge in [-0.3, -0.25) is 5.43 Å². The zero-order valence-electron chi connectivity index (χ0n) is 19.5. The first-order chi connectivity index (χ1) is 17.2. The van der Waals surface area contributed by atoms with Gasteiger partial charge in [-0.2, -0.15) is 18.3 Å². The molecule has 0 unspecified atom stereocenters. The van der Waals surface area contributed by atoms with Gasteiger partial charge in [-0.1, -0.05) is 56.3 Å². The van der Waals surface area contributed by atoms with Crippen LogP contribution < -0.4 is 10.7 Å². The Bertz CT molecular complexity index is 1360. The molecule has 4 rings (SSSR count). The molecule has 2 N–H and O–H groups in total. The van der Waals surface area contributed by atoms with E-state index in [0.717, 1.165) is 34.5 Å². The van der Waals surface area contributed by atoms with Gasteiger partial charge in [0.05, 0.1) is 17.5 Å². The molecule has 0 spiro atoms. The van der Waals surface area contributed by atoms with E-state index in [1.54, 1.807) is 6.21 Å². The lowest BCUT2D eigenvalue weighted by Gasteiger charge is -2.14. The fourth-order valence-electron chi connectivity index (χ4n) is 3.47. The van der Waals surface area contributed by atoms with E-state index in [2.05, 4.69) is 45.8 Å². The lowest BCUT2D eigenvalue weighted by atomic mass is 10.0. The number of benzene rings is 3. The van der Waals surface area contributed by atoms with E-state index < -0.39 is 11.7 Å². The topological polar surface area (TPSA) is 67.1 Å². The molecule has 0 aliphatic heterocycles. The van der Waals surface area contributed by atoms with Crippen LogP contribution in [0.5, 0.6) is 0 Å². The Morgan fingerprint density at radius 3 is 2.36 bits per heavy atom. The number of alkyl halides is 3. The van der Waals surface area contributed by atoms with E-state index in [4.69, 9.17) is 12.2 Å². The summed E-state index contributed by atoms with van der Waals surface area (Å²) in [6.07, 6.45) is -1.28. The molecule has 0 aliphatic carbocycles. The second-order valence-electron chi connectivity index (χ2n) is 8.25. The van der Waals surface area contributed by atoms with Crippen molar-refractivity contribution in [3.05, 3.63) is 95.8 Å². The van der Waals surface area contributed by atoms with E-state index >= 15 is 0 Å². The Balaban J connectivity index is 1.36. The number of aromatic nitrogens is 3. The highest BCUT2D eigenvalue weighted by Gasteiger charge is 2.30. The van der Waals surface area contributed by atoms with Gasteiger partial charge in [0, 0.05) is 11.3 Å². The molecule has 36 heavy (non-hydrogen) atoms. The lowest BCUT2D eigenvalue weighted by molar-refractivity contribution is -0.137. The molecule has 0 bridgehead atoms. The third-order valence-electron chi connectivity index (χ3n) is 5.33. The number of halogens is 3. The van der Waals surface area contributed by atoms with Crippen molar-refractivity contribution in [3.8, 4) is 17.1 Å². The van der Waals surface area contributed by atoms with Gasteiger partial charge in [-0.15, -0.1) is 5.10 Å². The molecule has 0 aliphatic rings. The summed E-state index contributed by atoms with van der Waals surface area (Å²) in [7, 11) is 0. The number of nitrogens with zero attached hydrogens (tertiary/aromatic N) is 4. The predicted octanol–water partition coefficient (Wildman–Crippen LogP) is 6.40. The first-order valence-corrected chi connectivity index (χ1v) is 11.5. The van der Waals surface area contributed by atoms with E-state index in [0.29, 0.717) is 22.5 Å². The van der Waals surface area contributed by atoms with Crippen LogP contribution in [0.15, 0.2) is 84.2 Å². The first-order valence-electron chi connectivity index (χ1n) is 11.1. The van der Waals surface area contributed by atoms with E-state index in [1.165, 1.54) is 23.1 Å². The summed E-state index contributed by atoms with van der Waals surface area (Å²) < 4.78 is 39.7. The largest absolute Gasteiger partial charge is 0.416 e. The normalized spacial score (nSPS) is 11.7. The molecule has 1 heterocycles. The van der Waals surface area contributed by atoms with Crippen LogP contribution in [0, 0.1) is 0 Å². The number of rotatable bonds is 6. The third-order valence-corrected chi connectivity index (χ3v) is 5.52. The molecular formula is C26H23F3N6S. The number of para-hydroxylation sites is 1. The molecule has 1 aromatic heterocycles. The highest BCUT2D eigenvalue weighted by Crippen LogP contribution is 2.29. The second kappa shape index (κ2) is 10.7. The fourth-order valence-corrected chi connectivity index (χ4v) is 3.63. The molecular weight excluding hydrogens is 485 g/mol. The highest BCUT2D eigenvalue weighted by molar-refractivity contribution is 7.80. The molecule has 6 nitrogen and oxygen atoms in total. The number of nitrogens with one attached hydrogen (secondary N) is 2. The number of hydrazone groups is 1. The summed E-state index contributed by atoms with van der Waals surface area (Å²) in [5.41, 5.74) is 6.28. The van der Waals surface area contributed by atoms with Crippen LogP contribution in [0.1, 0.15) is 36.5 Å². The van der Waals surface area contributed by atoms with Crippen LogP contribution in [-0.2, 0) is 6.18 Å². The smallest absolute Gasteiger partial charge is 0.331 e. The third kappa shape index (κ3) is 6.14. The molecule has 0 saturated carbocycles. The number of thiocarbonyl (C=S) groups is 1. The van der Waals surface area contributed by atoms with E-state index in [-0.39, 0.29) is 0 Å². The molecule has 0 fully saturated rings. The monoisotopic (exact) mass is 508 g/mol. The average molecular weight is 509 g/mol. The van der Waals surface area contributed by atoms with E-state index in [9.17, 15) is 13.2 Å². The number of hydrogen-bond donors (Lipinski definition) is 2. The minimum absolute atomic E-state index is 0.356. The van der Waals surface area contributed by atoms with Gasteiger partial charge in [0.25, 0.3) is 0 Å². The minimum Gasteiger partial charge on any atom is -0.331 e. The van der Waals surface area contributed by atoms with Crippen molar-refractivity contribution < 1.29 is 13.2 Å². The summed E-state index contributed by atoms with van der Waals surface area (Å²) in [5, 5.41) is 12.1. The van der Waals surface area contributed by atoms with E-state index in [1.807, 2.05) is 42.5 Å². The quantitative estimate of drug-likeness (QED) is 0.179. The summed E-state index contributed by atoms with van der Waals surface area (Å²) in [6, 6.07) is 20.1.